The van der Waals surface area contributed by atoms with Gasteiger partial charge in [-0.25, -0.2) is 4.98 Å². The van der Waals surface area contributed by atoms with Crippen LogP contribution in [0.1, 0.15) is 47.6 Å². The van der Waals surface area contributed by atoms with Gasteiger partial charge in [0.15, 0.2) is 0 Å². The van der Waals surface area contributed by atoms with Crippen molar-refractivity contribution in [3.63, 3.8) is 0 Å². The van der Waals surface area contributed by atoms with Crippen LogP contribution in [0.3, 0.4) is 0 Å². The summed E-state index contributed by atoms with van der Waals surface area (Å²) < 4.78 is 12.6. The molecule has 1 amide bonds. The minimum Gasteiger partial charge on any atom is -0.492 e. The van der Waals surface area contributed by atoms with Crippen LogP contribution >= 0.6 is 0 Å². The number of aromatic nitrogens is 4. The zero-order valence-electron chi connectivity index (χ0n) is 16.8. The van der Waals surface area contributed by atoms with E-state index in [9.17, 15) is 4.79 Å². The summed E-state index contributed by atoms with van der Waals surface area (Å²) in [4.78, 5) is 21.8. The third-order valence-electron chi connectivity index (χ3n) is 5.13. The van der Waals surface area contributed by atoms with E-state index in [1.807, 2.05) is 44.2 Å². The van der Waals surface area contributed by atoms with Gasteiger partial charge in [-0.2, -0.15) is 4.98 Å². The van der Waals surface area contributed by atoms with Gasteiger partial charge in [0.2, 0.25) is 11.7 Å². The number of carbonyl (C=O) groups excluding carboxylic acids is 1. The summed E-state index contributed by atoms with van der Waals surface area (Å²) in [6.07, 6.45) is 5.52. The second kappa shape index (κ2) is 7.29. The van der Waals surface area contributed by atoms with E-state index in [1.54, 1.807) is 16.8 Å². The molecule has 0 radical (unpaired) electrons. The third-order valence-corrected chi connectivity index (χ3v) is 5.13. The first-order chi connectivity index (χ1) is 14.6. The van der Waals surface area contributed by atoms with Crippen LogP contribution in [0.25, 0.3) is 17.0 Å². The zero-order valence-corrected chi connectivity index (χ0v) is 16.8. The Labute approximate surface area is 172 Å². The van der Waals surface area contributed by atoms with Crippen molar-refractivity contribution in [3.05, 3.63) is 59.9 Å². The first kappa shape index (κ1) is 18.4. The van der Waals surface area contributed by atoms with Gasteiger partial charge >= 0.3 is 0 Å². The molecule has 8 heteroatoms. The number of benzene rings is 1. The fourth-order valence-electron chi connectivity index (χ4n) is 3.31. The maximum Gasteiger partial charge on any atom is 0.274 e. The predicted octanol–water partition coefficient (Wildman–Crippen LogP) is 4.22. The van der Waals surface area contributed by atoms with Gasteiger partial charge in [-0.05, 0) is 50.5 Å². The summed E-state index contributed by atoms with van der Waals surface area (Å²) in [6, 6.07) is 9.38. The molecule has 152 valence electrons. The molecule has 1 N–H and O–H groups in total. The summed E-state index contributed by atoms with van der Waals surface area (Å²) >= 11 is 0. The number of rotatable bonds is 6. The summed E-state index contributed by atoms with van der Waals surface area (Å²) in [5, 5.41) is 7.07. The van der Waals surface area contributed by atoms with Gasteiger partial charge in [-0.1, -0.05) is 17.3 Å². The van der Waals surface area contributed by atoms with E-state index in [-0.39, 0.29) is 5.91 Å². The average molecular weight is 403 g/mol. The molecule has 3 aromatic heterocycles. The Morgan fingerprint density at radius 3 is 2.97 bits per heavy atom. The van der Waals surface area contributed by atoms with E-state index in [4.69, 9.17) is 9.26 Å². The molecule has 0 unspecified atom stereocenters. The van der Waals surface area contributed by atoms with Crippen LogP contribution in [-0.4, -0.2) is 32.0 Å². The summed E-state index contributed by atoms with van der Waals surface area (Å²) in [5.74, 6) is 2.03. The number of amides is 1. The highest BCUT2D eigenvalue weighted by molar-refractivity contribution is 6.04. The van der Waals surface area contributed by atoms with Crippen LogP contribution in [0.15, 0.2) is 47.2 Å². The average Bonchev–Trinajstić information content (AvgIpc) is 3.32. The third kappa shape index (κ3) is 3.41. The van der Waals surface area contributed by atoms with Crippen LogP contribution in [0, 0.1) is 6.92 Å². The Balaban J connectivity index is 1.43. The number of carbonyl (C=O) groups is 1. The standard InChI is InChI=1S/C22H21N5O3/c1-3-29-16-8-9-19-23-11-18(27(19)12-16)21(28)24-17-10-15(5-4-13(17)2)20-25-22(30-26-20)14-6-7-14/h4-5,8-12,14H,3,6-7H2,1-2H3,(H,24,28). The summed E-state index contributed by atoms with van der Waals surface area (Å²) in [6.45, 7) is 4.40. The van der Waals surface area contributed by atoms with Crippen molar-refractivity contribution in [1.82, 2.24) is 19.5 Å². The highest BCUT2D eigenvalue weighted by Gasteiger charge is 2.29. The molecule has 0 aliphatic heterocycles. The van der Waals surface area contributed by atoms with E-state index in [0.29, 0.717) is 47.0 Å². The summed E-state index contributed by atoms with van der Waals surface area (Å²) in [7, 11) is 0. The Bertz CT molecular complexity index is 1240. The fourth-order valence-corrected chi connectivity index (χ4v) is 3.31. The van der Waals surface area contributed by atoms with Crippen LogP contribution in [-0.2, 0) is 0 Å². The number of pyridine rings is 1. The maximum absolute atomic E-state index is 13.0. The highest BCUT2D eigenvalue weighted by Crippen LogP contribution is 2.39. The lowest BCUT2D eigenvalue weighted by Gasteiger charge is -2.10. The minimum absolute atomic E-state index is 0.261. The van der Waals surface area contributed by atoms with Gasteiger partial charge in [0.05, 0.1) is 19.0 Å². The van der Waals surface area contributed by atoms with Crippen molar-refractivity contribution in [2.75, 3.05) is 11.9 Å². The normalized spacial score (nSPS) is 13.5. The first-order valence-corrected chi connectivity index (χ1v) is 9.98. The number of nitrogens with one attached hydrogen (secondary N) is 1. The molecule has 0 saturated heterocycles. The molecule has 1 aromatic carbocycles. The molecule has 0 atom stereocenters. The molecule has 4 aromatic rings. The number of nitrogens with zero attached hydrogens (tertiary/aromatic N) is 4. The number of hydrogen-bond acceptors (Lipinski definition) is 6. The quantitative estimate of drug-likeness (QED) is 0.518. The van der Waals surface area contributed by atoms with Crippen molar-refractivity contribution in [1.29, 1.82) is 0 Å². The van der Waals surface area contributed by atoms with Crippen molar-refractivity contribution >= 4 is 17.2 Å². The fraction of sp³-hybridized carbons (Fsp3) is 0.273. The van der Waals surface area contributed by atoms with Gasteiger partial charge in [-0.15, -0.1) is 0 Å². The number of ether oxygens (including phenoxy) is 1. The van der Waals surface area contributed by atoms with Crippen LogP contribution in [0.4, 0.5) is 5.69 Å². The van der Waals surface area contributed by atoms with E-state index < -0.39 is 0 Å². The molecule has 1 aliphatic carbocycles. The monoisotopic (exact) mass is 403 g/mol. The number of anilines is 1. The molecule has 1 saturated carbocycles. The lowest BCUT2D eigenvalue weighted by Crippen LogP contribution is -2.15. The van der Waals surface area contributed by atoms with E-state index in [1.165, 1.54) is 0 Å². The van der Waals surface area contributed by atoms with Crippen molar-refractivity contribution in [3.8, 4) is 17.1 Å². The molecule has 8 nitrogen and oxygen atoms in total. The molecular formula is C22H21N5O3. The molecule has 5 rings (SSSR count). The molecule has 1 aliphatic rings. The highest BCUT2D eigenvalue weighted by atomic mass is 16.5. The Kier molecular flexibility index (Phi) is 4.46. The Morgan fingerprint density at radius 1 is 1.30 bits per heavy atom. The largest absolute Gasteiger partial charge is 0.492 e. The summed E-state index contributed by atoms with van der Waals surface area (Å²) in [5.41, 5.74) is 3.51. The van der Waals surface area contributed by atoms with Gasteiger partial charge in [0.1, 0.15) is 17.1 Å². The molecule has 3 heterocycles. The maximum atomic E-state index is 13.0. The predicted molar refractivity (Wildman–Crippen MR) is 111 cm³/mol. The smallest absolute Gasteiger partial charge is 0.274 e. The number of imidazole rings is 1. The lowest BCUT2D eigenvalue weighted by atomic mass is 10.1. The Hall–Kier alpha value is -3.68. The number of fused-ring (bicyclic) bond motifs is 1. The topological polar surface area (TPSA) is 94.5 Å². The van der Waals surface area contributed by atoms with Gasteiger partial charge in [0.25, 0.3) is 5.91 Å². The second-order valence-electron chi connectivity index (χ2n) is 7.38. The molecule has 30 heavy (non-hydrogen) atoms. The number of hydrogen-bond donors (Lipinski definition) is 1. The molecule has 1 fully saturated rings. The molecule has 0 bridgehead atoms. The van der Waals surface area contributed by atoms with Crippen LogP contribution in [0.2, 0.25) is 0 Å². The Morgan fingerprint density at radius 2 is 2.17 bits per heavy atom. The second-order valence-corrected chi connectivity index (χ2v) is 7.38. The zero-order chi connectivity index (χ0) is 20.7. The minimum atomic E-state index is -0.261. The molecule has 0 spiro atoms. The SMILES string of the molecule is CCOc1ccc2ncc(C(=O)Nc3cc(-c4noc(C5CC5)n4)ccc3C)n2c1. The van der Waals surface area contributed by atoms with Crippen molar-refractivity contribution < 1.29 is 14.1 Å². The van der Waals surface area contributed by atoms with Crippen molar-refractivity contribution in [2.45, 2.75) is 32.6 Å². The molecular weight excluding hydrogens is 382 g/mol. The van der Waals surface area contributed by atoms with E-state index >= 15 is 0 Å². The van der Waals surface area contributed by atoms with Gasteiger partial charge in [-0.3, -0.25) is 9.20 Å². The van der Waals surface area contributed by atoms with Crippen molar-refractivity contribution in [2.24, 2.45) is 0 Å². The van der Waals surface area contributed by atoms with Gasteiger partial charge in [0, 0.05) is 17.2 Å². The number of aryl methyl sites for hydroxylation is 1. The van der Waals surface area contributed by atoms with Crippen LogP contribution in [0.5, 0.6) is 5.75 Å². The first-order valence-electron chi connectivity index (χ1n) is 9.98. The van der Waals surface area contributed by atoms with E-state index in [2.05, 4.69) is 20.4 Å². The van der Waals surface area contributed by atoms with Gasteiger partial charge < -0.3 is 14.6 Å². The van der Waals surface area contributed by atoms with E-state index in [0.717, 1.165) is 24.0 Å². The van der Waals surface area contributed by atoms with Crippen LogP contribution < -0.4 is 10.1 Å². The lowest BCUT2D eigenvalue weighted by molar-refractivity contribution is 0.102.